The average molecular weight is 567 g/mol. The second kappa shape index (κ2) is 12.7. The maximum absolute atomic E-state index is 11.1. The summed E-state index contributed by atoms with van der Waals surface area (Å²) in [5, 5.41) is 0. The topological polar surface area (TPSA) is 133 Å². The fraction of sp³-hybridized carbons (Fsp3) is 1.00. The number of hydrogen-bond acceptors (Lipinski definition) is 8. The molecular weight excluding hydrogens is 526 g/mol. The quantitative estimate of drug-likeness (QED) is 0.148. The van der Waals surface area contributed by atoms with Crippen LogP contribution in [0.25, 0.3) is 0 Å². The molecular formula is C24H40Na2O8S2. The molecule has 4 aliphatic carbocycles. The summed E-state index contributed by atoms with van der Waals surface area (Å²) >= 11 is 0. The van der Waals surface area contributed by atoms with Crippen LogP contribution < -0.4 is 59.1 Å². The predicted octanol–water partition coefficient (Wildman–Crippen LogP) is -1.61. The second-order valence-electron chi connectivity index (χ2n) is 12.1. The summed E-state index contributed by atoms with van der Waals surface area (Å²) in [6, 6.07) is 0. The van der Waals surface area contributed by atoms with Crippen molar-refractivity contribution in [3.63, 3.8) is 0 Å². The maximum Gasteiger partial charge on any atom is 1.00 e. The SMILES string of the molecule is C[C@H](CCCOS(=O)(=O)[O-])[C@H]1CC[C@H]2[C@@H]3CC[C@H]4C[C@@H](OS(=O)(=O)[O-])CC[C@]4(C)[C@H]3CC[C@]12C.[Na+].[Na+]. The van der Waals surface area contributed by atoms with Crippen LogP contribution in [-0.2, 0) is 29.2 Å². The Bertz CT molecular complexity index is 961. The van der Waals surface area contributed by atoms with E-state index in [9.17, 15) is 25.9 Å². The Morgan fingerprint density at radius 2 is 1.50 bits per heavy atom. The van der Waals surface area contributed by atoms with Crippen LogP contribution in [0.2, 0.25) is 0 Å². The molecule has 0 aromatic carbocycles. The van der Waals surface area contributed by atoms with Crippen molar-refractivity contribution in [3.8, 4) is 0 Å². The Kier molecular flexibility index (Phi) is 12.0. The molecule has 9 atom stereocenters. The van der Waals surface area contributed by atoms with E-state index >= 15 is 0 Å². The zero-order chi connectivity index (χ0) is 24.9. The third-order valence-corrected chi connectivity index (χ3v) is 11.6. The van der Waals surface area contributed by atoms with Crippen LogP contribution in [0.5, 0.6) is 0 Å². The zero-order valence-corrected chi connectivity index (χ0v) is 28.2. The van der Waals surface area contributed by atoms with E-state index in [1.54, 1.807) is 0 Å². The van der Waals surface area contributed by atoms with Gasteiger partial charge in [0.15, 0.2) is 0 Å². The minimum Gasteiger partial charge on any atom is -0.726 e. The van der Waals surface area contributed by atoms with Crippen molar-refractivity contribution < 1.29 is 93.4 Å². The maximum atomic E-state index is 11.1. The third-order valence-electron chi connectivity index (χ3n) is 10.7. The molecule has 0 saturated heterocycles. The van der Waals surface area contributed by atoms with E-state index in [1.165, 1.54) is 32.1 Å². The predicted molar refractivity (Wildman–Crippen MR) is 124 cm³/mol. The van der Waals surface area contributed by atoms with Crippen molar-refractivity contribution in [1.29, 1.82) is 0 Å². The van der Waals surface area contributed by atoms with Crippen LogP contribution in [-0.4, -0.2) is 38.7 Å². The largest absolute Gasteiger partial charge is 1.00 e. The molecule has 0 unspecified atom stereocenters. The van der Waals surface area contributed by atoms with Gasteiger partial charge in [-0.2, -0.15) is 0 Å². The first kappa shape index (κ1) is 33.9. The Balaban J connectivity index is 0.00000228. The van der Waals surface area contributed by atoms with Gasteiger partial charge in [-0.1, -0.05) is 20.8 Å². The minimum atomic E-state index is -4.66. The summed E-state index contributed by atoms with van der Waals surface area (Å²) in [6.07, 6.45) is 10.3. The van der Waals surface area contributed by atoms with E-state index < -0.39 is 26.9 Å². The molecule has 8 nitrogen and oxygen atoms in total. The van der Waals surface area contributed by atoms with E-state index in [4.69, 9.17) is 4.18 Å². The van der Waals surface area contributed by atoms with Gasteiger partial charge in [0.1, 0.15) is 0 Å². The molecule has 0 aromatic heterocycles. The summed E-state index contributed by atoms with van der Waals surface area (Å²) in [6.45, 7) is 7.10. The minimum absolute atomic E-state index is 0. The molecule has 0 aromatic rings. The van der Waals surface area contributed by atoms with Gasteiger partial charge in [-0.25, -0.2) is 16.8 Å². The number of hydrogen-bond donors (Lipinski definition) is 0. The van der Waals surface area contributed by atoms with Crippen LogP contribution in [0.15, 0.2) is 0 Å². The Labute approximate surface area is 262 Å². The van der Waals surface area contributed by atoms with Gasteiger partial charge in [-0.3, -0.25) is 8.37 Å². The summed E-state index contributed by atoms with van der Waals surface area (Å²) in [5.41, 5.74) is 0.466. The van der Waals surface area contributed by atoms with Gasteiger partial charge in [-0.05, 0) is 117 Å². The summed E-state index contributed by atoms with van der Waals surface area (Å²) in [7, 11) is -9.27. The van der Waals surface area contributed by atoms with Gasteiger partial charge in [0.25, 0.3) is 0 Å². The summed E-state index contributed by atoms with van der Waals surface area (Å²) < 4.78 is 74.6. The average Bonchev–Trinajstić information content (AvgIpc) is 3.07. The van der Waals surface area contributed by atoms with Gasteiger partial charge < -0.3 is 9.11 Å². The van der Waals surface area contributed by atoms with Crippen molar-refractivity contribution in [3.05, 3.63) is 0 Å². The third kappa shape index (κ3) is 7.32. The van der Waals surface area contributed by atoms with Gasteiger partial charge in [0.2, 0.25) is 20.8 Å². The monoisotopic (exact) mass is 566 g/mol. The first-order valence-electron chi connectivity index (χ1n) is 13.0. The fourth-order valence-corrected chi connectivity index (χ4v) is 10.0. The van der Waals surface area contributed by atoms with Gasteiger partial charge >= 0.3 is 59.1 Å². The van der Waals surface area contributed by atoms with Crippen molar-refractivity contribution in [2.24, 2.45) is 46.3 Å². The fourth-order valence-electron chi connectivity index (χ4n) is 9.22. The second-order valence-corrected chi connectivity index (χ2v) is 14.2. The van der Waals surface area contributed by atoms with E-state index in [1.807, 2.05) is 0 Å². The molecule has 4 rings (SSSR count). The molecule has 0 radical (unpaired) electrons. The Morgan fingerprint density at radius 3 is 2.14 bits per heavy atom. The molecule has 0 bridgehead atoms. The Hall–Kier alpha value is 1.74. The molecule has 4 saturated carbocycles. The molecule has 4 fully saturated rings. The van der Waals surface area contributed by atoms with E-state index in [0.717, 1.165) is 19.3 Å². The number of rotatable bonds is 8. The standard InChI is InChI=1S/C24H42O8S2.2Na/c1-16(5-4-14-31-33(25,26)27)20-8-9-21-19-7-6-17-15-18(32-34(28,29)30)10-12-23(17,2)22(19)11-13-24(20,21)3;;/h16-22H,4-15H2,1-3H3,(H,25,26,27)(H,28,29,30);;/q;2*+1/p-2/t16-,17+,18+,19+,20-,21+,22+,23+,24-;;/m1../s1. The van der Waals surface area contributed by atoms with Crippen LogP contribution >= 0.6 is 0 Å². The Morgan fingerprint density at radius 1 is 0.861 bits per heavy atom. The van der Waals surface area contributed by atoms with Crippen molar-refractivity contribution >= 4 is 20.8 Å². The van der Waals surface area contributed by atoms with Crippen LogP contribution in [0, 0.1) is 46.3 Å². The van der Waals surface area contributed by atoms with Crippen molar-refractivity contribution in [1.82, 2.24) is 0 Å². The van der Waals surface area contributed by atoms with E-state index in [-0.39, 0.29) is 76.6 Å². The first-order chi connectivity index (χ1) is 15.7. The van der Waals surface area contributed by atoms with Gasteiger partial charge in [0, 0.05) is 0 Å². The van der Waals surface area contributed by atoms with Gasteiger partial charge in [-0.15, -0.1) is 0 Å². The van der Waals surface area contributed by atoms with E-state index in [0.29, 0.717) is 54.8 Å². The molecule has 36 heavy (non-hydrogen) atoms. The summed E-state index contributed by atoms with van der Waals surface area (Å²) in [5.74, 6) is 3.47. The van der Waals surface area contributed by atoms with Crippen molar-refractivity contribution in [2.45, 2.75) is 97.5 Å². The van der Waals surface area contributed by atoms with Gasteiger partial charge in [0.05, 0.1) is 12.7 Å². The molecule has 0 spiro atoms. The van der Waals surface area contributed by atoms with Crippen LogP contribution in [0.4, 0.5) is 0 Å². The first-order valence-corrected chi connectivity index (χ1v) is 15.6. The molecule has 0 heterocycles. The molecule has 12 heteroatoms. The van der Waals surface area contributed by atoms with Crippen LogP contribution in [0.3, 0.4) is 0 Å². The van der Waals surface area contributed by atoms with E-state index in [2.05, 4.69) is 25.0 Å². The molecule has 0 amide bonds. The van der Waals surface area contributed by atoms with Crippen molar-refractivity contribution in [2.75, 3.05) is 6.61 Å². The molecule has 0 aliphatic heterocycles. The van der Waals surface area contributed by atoms with Crippen LogP contribution in [0.1, 0.15) is 91.4 Å². The molecule has 4 aliphatic rings. The summed E-state index contributed by atoms with van der Waals surface area (Å²) in [4.78, 5) is 0. The molecule has 0 N–H and O–H groups in total. The normalized spacial score (nSPS) is 41.1. The zero-order valence-electron chi connectivity index (χ0n) is 22.6. The molecule has 198 valence electrons. The smallest absolute Gasteiger partial charge is 0.726 e. The number of fused-ring (bicyclic) bond motifs is 5.